The van der Waals surface area contributed by atoms with E-state index >= 15 is 0 Å². The van der Waals surface area contributed by atoms with Crippen LogP contribution in [0.5, 0.6) is 0 Å². The molecule has 7 heteroatoms. The topological polar surface area (TPSA) is 81.8 Å². The van der Waals surface area contributed by atoms with Gasteiger partial charge in [0.2, 0.25) is 5.91 Å². The molecule has 0 spiro atoms. The third-order valence-electron chi connectivity index (χ3n) is 2.42. The van der Waals surface area contributed by atoms with E-state index in [1.165, 1.54) is 17.8 Å². The molecule has 1 amide bonds. The summed E-state index contributed by atoms with van der Waals surface area (Å²) < 4.78 is 2.32. The zero-order valence-electron chi connectivity index (χ0n) is 10.6. The molecule has 2 rings (SSSR count). The highest BCUT2D eigenvalue weighted by Crippen LogP contribution is 2.11. The second kappa shape index (κ2) is 5.30. The summed E-state index contributed by atoms with van der Waals surface area (Å²) in [4.78, 5) is 23.0. The van der Waals surface area contributed by atoms with E-state index in [0.29, 0.717) is 11.4 Å². The molecule has 0 unspecified atom stereocenters. The van der Waals surface area contributed by atoms with Crippen LogP contribution in [-0.4, -0.2) is 25.7 Å². The first-order valence-electron chi connectivity index (χ1n) is 5.65. The molecule has 0 radical (unpaired) electrons. The fourth-order valence-electron chi connectivity index (χ4n) is 1.50. The molecular formula is C12H13N5O2. The minimum absolute atomic E-state index is 0.202. The molecule has 0 saturated heterocycles. The first-order chi connectivity index (χ1) is 9.11. The summed E-state index contributed by atoms with van der Waals surface area (Å²) in [6.07, 6.45) is 3.09. The van der Waals surface area contributed by atoms with Crippen LogP contribution in [-0.2, 0) is 11.8 Å². The number of hydrogen-bond donors (Lipinski definition) is 1. The van der Waals surface area contributed by atoms with Crippen LogP contribution in [0.1, 0.15) is 6.92 Å². The van der Waals surface area contributed by atoms with Crippen LogP contribution in [0, 0.1) is 0 Å². The summed E-state index contributed by atoms with van der Waals surface area (Å²) in [6, 6.07) is 6.75. The molecule has 0 saturated carbocycles. The number of anilines is 1. The molecule has 19 heavy (non-hydrogen) atoms. The monoisotopic (exact) mass is 259 g/mol. The highest BCUT2D eigenvalue weighted by Gasteiger charge is 2.05. The van der Waals surface area contributed by atoms with Gasteiger partial charge in [-0.3, -0.25) is 4.79 Å². The number of nitrogens with zero attached hydrogens (tertiary/aromatic N) is 4. The number of amides is 1. The quantitative estimate of drug-likeness (QED) is 0.813. The molecule has 7 nitrogen and oxygen atoms in total. The second-order valence-electron chi connectivity index (χ2n) is 3.83. The predicted molar refractivity (Wildman–Crippen MR) is 70.0 cm³/mol. The SMILES string of the molecule is CC=CC(=O)Nc1ccc(-n2nnn(C)c2=O)cc1. The van der Waals surface area contributed by atoms with E-state index in [0.717, 1.165) is 4.68 Å². The van der Waals surface area contributed by atoms with Crippen molar-refractivity contribution in [3.8, 4) is 5.69 Å². The fourth-order valence-corrected chi connectivity index (χ4v) is 1.50. The minimum atomic E-state index is -0.328. The second-order valence-corrected chi connectivity index (χ2v) is 3.83. The molecule has 0 fully saturated rings. The molecule has 1 N–H and O–H groups in total. The molecule has 2 aromatic rings. The Hall–Kier alpha value is -2.70. The Kier molecular flexibility index (Phi) is 3.56. The van der Waals surface area contributed by atoms with Crippen molar-refractivity contribution in [1.82, 2.24) is 19.8 Å². The van der Waals surface area contributed by atoms with E-state index in [4.69, 9.17) is 0 Å². The number of hydrogen-bond acceptors (Lipinski definition) is 4. The summed E-state index contributed by atoms with van der Waals surface area (Å²) in [6.45, 7) is 1.77. The summed E-state index contributed by atoms with van der Waals surface area (Å²) in [7, 11) is 1.53. The van der Waals surface area contributed by atoms with Crippen molar-refractivity contribution in [2.24, 2.45) is 7.05 Å². The van der Waals surface area contributed by atoms with Gasteiger partial charge in [0.05, 0.1) is 5.69 Å². The van der Waals surface area contributed by atoms with Crippen LogP contribution in [0.2, 0.25) is 0 Å². The van der Waals surface area contributed by atoms with E-state index < -0.39 is 0 Å². The molecule has 1 aromatic carbocycles. The van der Waals surface area contributed by atoms with Crippen LogP contribution < -0.4 is 11.0 Å². The number of aromatic nitrogens is 4. The van der Waals surface area contributed by atoms with Gasteiger partial charge in [-0.2, -0.15) is 9.36 Å². The molecule has 0 atom stereocenters. The van der Waals surface area contributed by atoms with Gasteiger partial charge in [0.25, 0.3) is 0 Å². The van der Waals surface area contributed by atoms with E-state index in [9.17, 15) is 9.59 Å². The molecule has 0 aliphatic carbocycles. The van der Waals surface area contributed by atoms with Crippen LogP contribution in [0.15, 0.2) is 41.2 Å². The van der Waals surface area contributed by atoms with Crippen LogP contribution in [0.25, 0.3) is 5.69 Å². The Morgan fingerprint density at radius 2 is 1.95 bits per heavy atom. The van der Waals surface area contributed by atoms with E-state index in [2.05, 4.69) is 15.7 Å². The maximum absolute atomic E-state index is 11.6. The fraction of sp³-hybridized carbons (Fsp3) is 0.167. The smallest absolute Gasteiger partial charge is 0.323 e. The Balaban J connectivity index is 2.21. The summed E-state index contributed by atoms with van der Waals surface area (Å²) >= 11 is 0. The van der Waals surface area contributed by atoms with Gasteiger partial charge >= 0.3 is 5.69 Å². The lowest BCUT2D eigenvalue weighted by Gasteiger charge is -2.03. The summed E-state index contributed by atoms with van der Waals surface area (Å²) in [5, 5.41) is 10.0. The number of nitrogens with one attached hydrogen (secondary N) is 1. The maximum Gasteiger partial charge on any atom is 0.368 e. The molecule has 1 heterocycles. The lowest BCUT2D eigenvalue weighted by atomic mass is 10.3. The Labute approximate surface area is 109 Å². The number of carbonyl (C=O) groups excluding carboxylic acids is 1. The van der Waals surface area contributed by atoms with E-state index in [-0.39, 0.29) is 11.6 Å². The summed E-state index contributed by atoms with van der Waals surface area (Å²) in [5.41, 5.74) is 0.900. The normalized spacial score (nSPS) is 10.8. The van der Waals surface area contributed by atoms with Crippen molar-refractivity contribution in [2.75, 3.05) is 5.32 Å². The third-order valence-corrected chi connectivity index (χ3v) is 2.42. The van der Waals surface area contributed by atoms with E-state index in [1.807, 2.05) is 0 Å². The van der Waals surface area contributed by atoms with Crippen molar-refractivity contribution >= 4 is 11.6 Å². The highest BCUT2D eigenvalue weighted by atomic mass is 16.2. The molecule has 98 valence electrons. The van der Waals surface area contributed by atoms with Crippen molar-refractivity contribution < 1.29 is 4.79 Å². The predicted octanol–water partition coefficient (Wildman–Crippen LogP) is 0.481. The number of allylic oxidation sites excluding steroid dienone is 1. The zero-order chi connectivity index (χ0) is 13.8. The zero-order valence-corrected chi connectivity index (χ0v) is 10.6. The van der Waals surface area contributed by atoms with Crippen LogP contribution in [0.4, 0.5) is 5.69 Å². The van der Waals surface area contributed by atoms with Crippen molar-refractivity contribution in [1.29, 1.82) is 0 Å². The van der Waals surface area contributed by atoms with Crippen LogP contribution >= 0.6 is 0 Å². The highest BCUT2D eigenvalue weighted by molar-refractivity contribution is 5.99. The maximum atomic E-state index is 11.6. The van der Waals surface area contributed by atoms with E-state index in [1.54, 1.807) is 37.3 Å². The van der Waals surface area contributed by atoms with Gasteiger partial charge in [-0.05, 0) is 47.7 Å². The number of tetrazole rings is 1. The van der Waals surface area contributed by atoms with Gasteiger partial charge in [0, 0.05) is 12.7 Å². The standard InChI is InChI=1S/C12H13N5O2/c1-3-4-11(18)13-9-5-7-10(8-6-9)17-12(19)16(2)14-15-17/h3-8H,1-2H3,(H,13,18). The minimum Gasteiger partial charge on any atom is -0.323 e. The number of carbonyl (C=O) groups is 1. The van der Waals surface area contributed by atoms with Crippen LogP contribution in [0.3, 0.4) is 0 Å². The number of benzene rings is 1. The van der Waals surface area contributed by atoms with Gasteiger partial charge in [-0.1, -0.05) is 6.08 Å². The molecule has 1 aromatic heterocycles. The number of aryl methyl sites for hydroxylation is 1. The summed E-state index contributed by atoms with van der Waals surface area (Å²) in [5.74, 6) is -0.202. The van der Waals surface area contributed by atoms with Gasteiger partial charge in [0.15, 0.2) is 0 Å². The lowest BCUT2D eigenvalue weighted by molar-refractivity contribution is -0.111. The third kappa shape index (κ3) is 2.76. The van der Waals surface area contributed by atoms with Crippen molar-refractivity contribution in [3.05, 3.63) is 46.9 Å². The van der Waals surface area contributed by atoms with Crippen molar-refractivity contribution in [2.45, 2.75) is 6.92 Å². The lowest BCUT2D eigenvalue weighted by Crippen LogP contribution is -2.21. The first-order valence-corrected chi connectivity index (χ1v) is 5.65. The first kappa shape index (κ1) is 12.7. The van der Waals surface area contributed by atoms with Gasteiger partial charge < -0.3 is 5.32 Å². The number of rotatable bonds is 3. The Bertz CT molecular complexity index is 666. The van der Waals surface area contributed by atoms with Gasteiger partial charge in [0.1, 0.15) is 0 Å². The largest absolute Gasteiger partial charge is 0.368 e. The average Bonchev–Trinajstić information content (AvgIpc) is 2.71. The van der Waals surface area contributed by atoms with Gasteiger partial charge in [-0.15, -0.1) is 0 Å². The molecule has 0 aliphatic rings. The average molecular weight is 259 g/mol. The van der Waals surface area contributed by atoms with Crippen molar-refractivity contribution in [3.63, 3.8) is 0 Å². The molecule has 0 aliphatic heterocycles. The van der Waals surface area contributed by atoms with Gasteiger partial charge in [-0.25, -0.2) is 4.79 Å². The Morgan fingerprint density at radius 1 is 1.26 bits per heavy atom. The Morgan fingerprint density at radius 3 is 2.47 bits per heavy atom. The molecular weight excluding hydrogens is 246 g/mol. The molecule has 0 bridgehead atoms.